The van der Waals surface area contributed by atoms with Gasteiger partial charge in [-0.05, 0) is 12.0 Å². The Morgan fingerprint density at radius 3 is 2.85 bits per heavy atom. The second-order valence-corrected chi connectivity index (χ2v) is 5.81. The SMILES string of the molecule is COCC(CN=C1NC(Cc2ccccc2)CS1)OC. The molecule has 2 rings (SSSR count). The van der Waals surface area contributed by atoms with E-state index in [4.69, 9.17) is 9.47 Å². The van der Waals surface area contributed by atoms with E-state index in [1.807, 2.05) is 6.07 Å². The zero-order valence-corrected chi connectivity index (χ0v) is 12.9. The van der Waals surface area contributed by atoms with Crippen molar-refractivity contribution in [1.82, 2.24) is 5.32 Å². The first kappa shape index (κ1) is 15.4. The molecule has 110 valence electrons. The molecule has 1 fully saturated rings. The summed E-state index contributed by atoms with van der Waals surface area (Å²) >= 11 is 1.78. The van der Waals surface area contributed by atoms with Crippen LogP contribution < -0.4 is 5.32 Å². The molecule has 1 aromatic carbocycles. The summed E-state index contributed by atoms with van der Waals surface area (Å²) in [6.45, 7) is 1.21. The number of ether oxygens (including phenoxy) is 2. The first-order valence-corrected chi connectivity index (χ1v) is 7.80. The van der Waals surface area contributed by atoms with Crippen molar-refractivity contribution in [3.8, 4) is 0 Å². The third-order valence-corrected chi connectivity index (χ3v) is 4.29. The van der Waals surface area contributed by atoms with E-state index in [1.54, 1.807) is 26.0 Å². The highest BCUT2D eigenvalue weighted by atomic mass is 32.2. The summed E-state index contributed by atoms with van der Waals surface area (Å²) in [7, 11) is 3.37. The average Bonchev–Trinajstić information content (AvgIpc) is 2.92. The first-order chi connectivity index (χ1) is 9.81. The fraction of sp³-hybridized carbons (Fsp3) is 0.533. The van der Waals surface area contributed by atoms with Gasteiger partial charge in [0.1, 0.15) is 0 Å². The van der Waals surface area contributed by atoms with E-state index in [9.17, 15) is 0 Å². The minimum Gasteiger partial charge on any atom is -0.382 e. The van der Waals surface area contributed by atoms with Gasteiger partial charge in [0.2, 0.25) is 0 Å². The van der Waals surface area contributed by atoms with E-state index in [0.29, 0.717) is 19.2 Å². The number of nitrogens with one attached hydrogen (secondary N) is 1. The fourth-order valence-corrected chi connectivity index (χ4v) is 3.08. The second-order valence-electron chi connectivity index (χ2n) is 4.80. The molecule has 1 heterocycles. The number of rotatable bonds is 7. The smallest absolute Gasteiger partial charge is 0.156 e. The molecule has 1 aliphatic heterocycles. The van der Waals surface area contributed by atoms with Crippen LogP contribution in [0, 0.1) is 0 Å². The molecule has 4 nitrogen and oxygen atoms in total. The number of thioether (sulfide) groups is 1. The van der Waals surface area contributed by atoms with Crippen molar-refractivity contribution in [2.24, 2.45) is 4.99 Å². The van der Waals surface area contributed by atoms with Crippen LogP contribution in [0.3, 0.4) is 0 Å². The highest BCUT2D eigenvalue weighted by Crippen LogP contribution is 2.17. The summed E-state index contributed by atoms with van der Waals surface area (Å²) in [5.74, 6) is 1.07. The Morgan fingerprint density at radius 1 is 1.35 bits per heavy atom. The molecule has 0 amide bonds. The number of amidine groups is 1. The standard InChI is InChI=1S/C15H22N2O2S/c1-18-10-14(19-2)9-16-15-17-13(11-20-15)8-12-6-4-3-5-7-12/h3-7,13-14H,8-11H2,1-2H3,(H,16,17). The summed E-state index contributed by atoms with van der Waals surface area (Å²) < 4.78 is 10.4. The van der Waals surface area contributed by atoms with Crippen LogP contribution in [0.4, 0.5) is 0 Å². The van der Waals surface area contributed by atoms with Crippen molar-refractivity contribution in [2.45, 2.75) is 18.6 Å². The van der Waals surface area contributed by atoms with Crippen LogP contribution in [0.5, 0.6) is 0 Å². The molecule has 0 spiro atoms. The molecule has 5 heteroatoms. The zero-order chi connectivity index (χ0) is 14.2. The molecule has 1 aliphatic rings. The van der Waals surface area contributed by atoms with Crippen molar-refractivity contribution in [3.63, 3.8) is 0 Å². The van der Waals surface area contributed by atoms with Crippen molar-refractivity contribution in [2.75, 3.05) is 33.1 Å². The van der Waals surface area contributed by atoms with Gasteiger partial charge in [-0.25, -0.2) is 0 Å². The summed E-state index contributed by atoms with van der Waals surface area (Å²) in [6, 6.07) is 11.0. The second kappa shape index (κ2) is 8.29. The van der Waals surface area contributed by atoms with Crippen LogP contribution >= 0.6 is 11.8 Å². The van der Waals surface area contributed by atoms with Crippen LogP contribution in [0.25, 0.3) is 0 Å². The van der Waals surface area contributed by atoms with Crippen LogP contribution in [0.15, 0.2) is 35.3 Å². The largest absolute Gasteiger partial charge is 0.382 e. The van der Waals surface area contributed by atoms with E-state index in [0.717, 1.165) is 17.3 Å². The van der Waals surface area contributed by atoms with Gasteiger partial charge < -0.3 is 14.8 Å². The van der Waals surface area contributed by atoms with Crippen LogP contribution in [-0.2, 0) is 15.9 Å². The molecular weight excluding hydrogens is 272 g/mol. The van der Waals surface area contributed by atoms with Gasteiger partial charge in [0.15, 0.2) is 5.17 Å². The number of nitrogens with zero attached hydrogens (tertiary/aromatic N) is 1. The Labute approximate surface area is 125 Å². The predicted molar refractivity (Wildman–Crippen MR) is 84.5 cm³/mol. The molecule has 1 aromatic rings. The first-order valence-electron chi connectivity index (χ1n) is 6.81. The average molecular weight is 294 g/mol. The predicted octanol–water partition coefficient (Wildman–Crippen LogP) is 1.95. The van der Waals surface area contributed by atoms with Gasteiger partial charge in [-0.2, -0.15) is 0 Å². The maximum Gasteiger partial charge on any atom is 0.156 e. The lowest BCUT2D eigenvalue weighted by Gasteiger charge is -2.12. The van der Waals surface area contributed by atoms with Gasteiger partial charge in [0.05, 0.1) is 19.3 Å². The van der Waals surface area contributed by atoms with E-state index in [2.05, 4.69) is 34.6 Å². The Morgan fingerprint density at radius 2 is 2.15 bits per heavy atom. The van der Waals surface area contributed by atoms with Crippen molar-refractivity contribution >= 4 is 16.9 Å². The van der Waals surface area contributed by atoms with Crippen molar-refractivity contribution in [3.05, 3.63) is 35.9 Å². The van der Waals surface area contributed by atoms with Crippen LogP contribution in [0.1, 0.15) is 5.56 Å². The van der Waals surface area contributed by atoms with Gasteiger partial charge in [-0.1, -0.05) is 42.1 Å². The van der Waals surface area contributed by atoms with Crippen molar-refractivity contribution < 1.29 is 9.47 Å². The minimum absolute atomic E-state index is 0.0306. The van der Waals surface area contributed by atoms with Gasteiger partial charge in [-0.3, -0.25) is 4.99 Å². The Kier molecular flexibility index (Phi) is 6.36. The maximum atomic E-state index is 5.30. The van der Waals surface area contributed by atoms with Gasteiger partial charge in [0, 0.05) is 26.0 Å². The molecule has 0 aliphatic carbocycles. The van der Waals surface area contributed by atoms with E-state index in [-0.39, 0.29) is 6.10 Å². The number of hydrogen-bond donors (Lipinski definition) is 1. The van der Waals surface area contributed by atoms with Crippen LogP contribution in [0.2, 0.25) is 0 Å². The fourth-order valence-electron chi connectivity index (χ4n) is 2.10. The number of hydrogen-bond acceptors (Lipinski definition) is 4. The summed E-state index contributed by atoms with van der Waals surface area (Å²) in [6.07, 6.45) is 1.07. The molecule has 2 unspecified atom stereocenters. The lowest BCUT2D eigenvalue weighted by Crippen LogP contribution is -2.30. The zero-order valence-electron chi connectivity index (χ0n) is 12.0. The third-order valence-electron chi connectivity index (χ3n) is 3.20. The van der Waals surface area contributed by atoms with Gasteiger partial charge in [0.25, 0.3) is 0 Å². The summed E-state index contributed by atoms with van der Waals surface area (Å²) in [4.78, 5) is 4.57. The topological polar surface area (TPSA) is 42.8 Å². The Balaban J connectivity index is 1.79. The van der Waals surface area contributed by atoms with Gasteiger partial charge in [-0.15, -0.1) is 0 Å². The quantitative estimate of drug-likeness (QED) is 0.835. The third kappa shape index (κ3) is 4.81. The number of benzene rings is 1. The van der Waals surface area contributed by atoms with E-state index in [1.165, 1.54) is 5.56 Å². The summed E-state index contributed by atoms with van der Waals surface area (Å²) in [5, 5.41) is 4.50. The Bertz CT molecular complexity index is 425. The molecule has 0 bridgehead atoms. The maximum absolute atomic E-state index is 5.30. The number of methoxy groups -OCH3 is 2. The summed E-state index contributed by atoms with van der Waals surface area (Å²) in [5.41, 5.74) is 1.36. The van der Waals surface area contributed by atoms with Crippen LogP contribution in [-0.4, -0.2) is 50.4 Å². The molecule has 2 atom stereocenters. The van der Waals surface area contributed by atoms with Crippen molar-refractivity contribution in [1.29, 1.82) is 0 Å². The monoisotopic (exact) mass is 294 g/mol. The minimum atomic E-state index is 0.0306. The Hall–Kier alpha value is -1.04. The van der Waals surface area contributed by atoms with Gasteiger partial charge >= 0.3 is 0 Å². The highest BCUT2D eigenvalue weighted by molar-refractivity contribution is 8.14. The normalized spacial score (nSPS) is 21.9. The van der Waals surface area contributed by atoms with E-state index < -0.39 is 0 Å². The molecule has 0 saturated carbocycles. The molecule has 1 saturated heterocycles. The van der Waals surface area contributed by atoms with E-state index >= 15 is 0 Å². The lowest BCUT2D eigenvalue weighted by atomic mass is 10.1. The molecule has 0 aromatic heterocycles. The molecule has 20 heavy (non-hydrogen) atoms. The highest BCUT2D eigenvalue weighted by Gasteiger charge is 2.20. The molecule has 1 N–H and O–H groups in total. The molecular formula is C15H22N2O2S. The molecule has 0 radical (unpaired) electrons. The number of aliphatic imine (C=N–C) groups is 1. The lowest BCUT2D eigenvalue weighted by molar-refractivity contribution is 0.0344.